The molecule has 0 saturated heterocycles. The summed E-state index contributed by atoms with van der Waals surface area (Å²) in [5.41, 5.74) is 3.11. The molecule has 0 spiro atoms. The average Bonchev–Trinajstić information content (AvgIpc) is 2.55. The number of hydrogen-bond donors (Lipinski definition) is 1. The Labute approximate surface area is 133 Å². The third-order valence-electron chi connectivity index (χ3n) is 3.46. The standard InChI is InChI=1S/C17H21B2NO2/c1-18-11-17(21)20-16-9-8-14(10-15(16)19-2)22-12-13-6-4-3-5-7-13/h3-10,18-19H,11-12H2,1-2H3,(H,20,21). The van der Waals surface area contributed by atoms with Gasteiger partial charge in [0.05, 0.1) is 0 Å². The second kappa shape index (κ2) is 8.32. The summed E-state index contributed by atoms with van der Waals surface area (Å²) in [5, 5.41) is 2.97. The summed E-state index contributed by atoms with van der Waals surface area (Å²) in [6.45, 7) is 4.62. The van der Waals surface area contributed by atoms with Gasteiger partial charge in [-0.2, -0.15) is 0 Å². The fraction of sp³-hybridized carbons (Fsp3) is 0.235. The third-order valence-corrected chi connectivity index (χ3v) is 3.46. The minimum atomic E-state index is 0.0650. The molecule has 3 nitrogen and oxygen atoms in total. The van der Waals surface area contributed by atoms with Crippen molar-refractivity contribution in [2.75, 3.05) is 5.32 Å². The van der Waals surface area contributed by atoms with Gasteiger partial charge in [-0.05, 0) is 23.8 Å². The molecule has 1 amide bonds. The molecule has 112 valence electrons. The first-order valence-electron chi connectivity index (χ1n) is 7.82. The molecule has 5 heteroatoms. The van der Waals surface area contributed by atoms with Crippen molar-refractivity contribution in [3.63, 3.8) is 0 Å². The number of carbonyl (C=O) groups excluding carboxylic acids is 1. The van der Waals surface area contributed by atoms with E-state index in [1.165, 1.54) is 0 Å². The maximum atomic E-state index is 11.7. The van der Waals surface area contributed by atoms with E-state index in [9.17, 15) is 4.79 Å². The first-order valence-corrected chi connectivity index (χ1v) is 7.82. The maximum Gasteiger partial charge on any atom is 0.216 e. The monoisotopic (exact) mass is 293 g/mol. The van der Waals surface area contributed by atoms with E-state index >= 15 is 0 Å². The Morgan fingerprint density at radius 3 is 2.59 bits per heavy atom. The van der Waals surface area contributed by atoms with Gasteiger partial charge in [-0.25, -0.2) is 0 Å². The van der Waals surface area contributed by atoms with Gasteiger partial charge in [0.2, 0.25) is 5.91 Å². The van der Waals surface area contributed by atoms with Crippen molar-refractivity contribution >= 4 is 31.6 Å². The molecule has 0 saturated carbocycles. The van der Waals surface area contributed by atoms with Crippen molar-refractivity contribution in [1.29, 1.82) is 0 Å². The second-order valence-electron chi connectivity index (χ2n) is 5.24. The summed E-state index contributed by atoms with van der Waals surface area (Å²) in [5.74, 6) is 0.893. The molecule has 0 aliphatic rings. The number of ether oxygens (including phenoxy) is 1. The summed E-state index contributed by atoms with van der Waals surface area (Å²) in [7, 11) is 1.70. The average molecular weight is 293 g/mol. The van der Waals surface area contributed by atoms with Crippen LogP contribution >= 0.6 is 0 Å². The highest BCUT2D eigenvalue weighted by molar-refractivity contribution is 6.54. The first-order chi connectivity index (χ1) is 10.7. The Kier molecular flexibility index (Phi) is 6.13. The van der Waals surface area contributed by atoms with Gasteiger partial charge in [-0.1, -0.05) is 49.4 Å². The normalized spacial score (nSPS) is 9.91. The number of rotatable bonds is 7. The number of carbonyl (C=O) groups is 1. The molecule has 2 aromatic rings. The van der Waals surface area contributed by atoms with Crippen LogP contribution < -0.4 is 15.5 Å². The fourth-order valence-corrected chi connectivity index (χ4v) is 2.25. The van der Waals surface area contributed by atoms with Gasteiger partial charge in [0.25, 0.3) is 0 Å². The molecule has 0 atom stereocenters. The van der Waals surface area contributed by atoms with Crippen molar-refractivity contribution in [3.05, 3.63) is 54.1 Å². The topological polar surface area (TPSA) is 38.3 Å². The van der Waals surface area contributed by atoms with Gasteiger partial charge in [-0.3, -0.25) is 4.79 Å². The molecular formula is C17H21B2NO2. The van der Waals surface area contributed by atoms with Gasteiger partial charge in [0.15, 0.2) is 7.28 Å². The third kappa shape index (κ3) is 4.69. The van der Waals surface area contributed by atoms with Crippen molar-refractivity contribution in [3.8, 4) is 5.75 Å². The Morgan fingerprint density at radius 2 is 1.91 bits per heavy atom. The Hall–Kier alpha value is -2.16. The summed E-state index contributed by atoms with van der Waals surface area (Å²) in [6, 6.07) is 15.9. The Morgan fingerprint density at radius 1 is 1.14 bits per heavy atom. The van der Waals surface area contributed by atoms with Crippen LogP contribution in [0.3, 0.4) is 0 Å². The van der Waals surface area contributed by atoms with Crippen molar-refractivity contribution in [2.24, 2.45) is 0 Å². The number of anilines is 1. The van der Waals surface area contributed by atoms with E-state index in [4.69, 9.17) is 4.74 Å². The quantitative estimate of drug-likeness (QED) is 0.795. The highest BCUT2D eigenvalue weighted by Gasteiger charge is 2.07. The lowest BCUT2D eigenvalue weighted by Crippen LogP contribution is -2.22. The van der Waals surface area contributed by atoms with Crippen LogP contribution in [0.25, 0.3) is 0 Å². The SMILES string of the molecule is CBCC(=O)Nc1ccc(OCc2ccccc2)cc1BC. The number of benzene rings is 2. The molecule has 0 aromatic heterocycles. The molecule has 0 aliphatic carbocycles. The van der Waals surface area contributed by atoms with E-state index in [0.717, 1.165) is 37.0 Å². The molecule has 0 aliphatic heterocycles. The summed E-state index contributed by atoms with van der Waals surface area (Å²) in [6.07, 6.45) is 0.551. The zero-order chi connectivity index (χ0) is 15.8. The highest BCUT2D eigenvalue weighted by atomic mass is 16.5. The van der Waals surface area contributed by atoms with Gasteiger partial charge < -0.3 is 10.1 Å². The molecule has 2 aromatic carbocycles. The lowest BCUT2D eigenvalue weighted by Gasteiger charge is -2.12. The maximum absolute atomic E-state index is 11.7. The lowest BCUT2D eigenvalue weighted by atomic mass is 9.72. The molecule has 0 radical (unpaired) electrons. The van der Waals surface area contributed by atoms with Crippen LogP contribution in [0.2, 0.25) is 20.0 Å². The van der Waals surface area contributed by atoms with E-state index in [0.29, 0.717) is 12.9 Å². The van der Waals surface area contributed by atoms with E-state index in [2.05, 4.69) is 12.1 Å². The van der Waals surface area contributed by atoms with Gasteiger partial charge in [-0.15, -0.1) is 0 Å². The van der Waals surface area contributed by atoms with Gasteiger partial charge >= 0.3 is 0 Å². The second-order valence-corrected chi connectivity index (χ2v) is 5.24. The van der Waals surface area contributed by atoms with Crippen LogP contribution in [0, 0.1) is 0 Å². The summed E-state index contributed by atoms with van der Waals surface area (Å²) < 4.78 is 5.83. The number of hydrogen-bond acceptors (Lipinski definition) is 2. The molecule has 0 unspecified atom stereocenters. The number of nitrogens with one attached hydrogen (secondary N) is 1. The zero-order valence-corrected chi connectivity index (χ0v) is 13.3. The van der Waals surface area contributed by atoms with E-state index in [1.54, 1.807) is 0 Å². The van der Waals surface area contributed by atoms with Crippen LogP contribution in [0.1, 0.15) is 5.56 Å². The van der Waals surface area contributed by atoms with Crippen molar-refractivity contribution < 1.29 is 9.53 Å². The first kappa shape index (κ1) is 16.2. The molecule has 2 rings (SSSR count). The molecular weight excluding hydrogens is 272 g/mol. The van der Waals surface area contributed by atoms with Crippen LogP contribution in [-0.4, -0.2) is 20.5 Å². The molecule has 0 fully saturated rings. The molecule has 22 heavy (non-hydrogen) atoms. The molecule has 1 N–H and O–H groups in total. The Bertz CT molecular complexity index is 617. The minimum absolute atomic E-state index is 0.0650. The van der Waals surface area contributed by atoms with Gasteiger partial charge in [0, 0.05) is 12.0 Å². The largest absolute Gasteiger partial charge is 0.489 e. The molecule has 0 bridgehead atoms. The smallest absolute Gasteiger partial charge is 0.216 e. The van der Waals surface area contributed by atoms with E-state index in [-0.39, 0.29) is 5.91 Å². The van der Waals surface area contributed by atoms with E-state index in [1.807, 2.05) is 55.4 Å². The van der Waals surface area contributed by atoms with Crippen LogP contribution in [0.4, 0.5) is 5.69 Å². The van der Waals surface area contributed by atoms with Gasteiger partial charge in [0.1, 0.15) is 19.6 Å². The predicted molar refractivity (Wildman–Crippen MR) is 96.3 cm³/mol. The minimum Gasteiger partial charge on any atom is -0.489 e. The van der Waals surface area contributed by atoms with Crippen molar-refractivity contribution in [2.45, 2.75) is 26.6 Å². The highest BCUT2D eigenvalue weighted by Crippen LogP contribution is 2.15. The number of amides is 1. The predicted octanol–water partition coefficient (Wildman–Crippen LogP) is 2.22. The summed E-state index contributed by atoms with van der Waals surface area (Å²) in [4.78, 5) is 11.7. The van der Waals surface area contributed by atoms with E-state index < -0.39 is 0 Å². The fourth-order valence-electron chi connectivity index (χ4n) is 2.25. The van der Waals surface area contributed by atoms with Crippen LogP contribution in [0.5, 0.6) is 5.75 Å². The zero-order valence-electron chi connectivity index (χ0n) is 13.3. The Balaban J connectivity index is 2.03. The van der Waals surface area contributed by atoms with Crippen LogP contribution in [-0.2, 0) is 11.4 Å². The van der Waals surface area contributed by atoms with Crippen LogP contribution in [0.15, 0.2) is 48.5 Å². The lowest BCUT2D eigenvalue weighted by molar-refractivity contribution is -0.114. The molecule has 0 heterocycles. The van der Waals surface area contributed by atoms with Crippen molar-refractivity contribution in [1.82, 2.24) is 0 Å². The summed E-state index contributed by atoms with van der Waals surface area (Å²) >= 11 is 0.